The smallest absolute Gasteiger partial charge is 0.407 e. The van der Waals surface area contributed by atoms with E-state index in [9.17, 15) is 9.59 Å². The van der Waals surface area contributed by atoms with Gasteiger partial charge >= 0.3 is 11.5 Å². The maximum absolute atomic E-state index is 11.3. The van der Waals surface area contributed by atoms with Crippen LogP contribution in [0.25, 0.3) is 33.3 Å². The molecule has 0 aliphatic rings. The second-order valence-corrected chi connectivity index (χ2v) is 4.39. The highest BCUT2D eigenvalue weighted by molar-refractivity contribution is 5.98. The molecule has 2 aromatic carbocycles. The van der Waals surface area contributed by atoms with Gasteiger partial charge in [0.25, 0.3) is 0 Å². The summed E-state index contributed by atoms with van der Waals surface area (Å²) in [4.78, 5) is 27.9. The van der Waals surface area contributed by atoms with Crippen LogP contribution in [0.2, 0.25) is 0 Å². The Morgan fingerprint density at radius 3 is 1.60 bits per heavy atom. The Morgan fingerprint density at radius 2 is 1.15 bits per heavy atom. The highest BCUT2D eigenvalue weighted by Gasteiger charge is 2.14. The van der Waals surface area contributed by atoms with E-state index in [1.165, 1.54) is 0 Å². The number of fused-ring (bicyclic) bond motifs is 2. The number of hydrogen-bond acceptors (Lipinski definition) is 4. The normalized spacial score (nSPS) is 11.4. The monoisotopic (exact) mass is 268 g/mol. The summed E-state index contributed by atoms with van der Waals surface area (Å²) >= 11 is 0. The number of benzene rings is 2. The maximum Gasteiger partial charge on any atom is 0.417 e. The van der Waals surface area contributed by atoms with Gasteiger partial charge in [-0.25, -0.2) is 9.59 Å². The second kappa shape index (κ2) is 3.74. The fourth-order valence-electron chi connectivity index (χ4n) is 2.37. The molecule has 0 atom stereocenters. The molecule has 4 rings (SSSR count). The molecule has 20 heavy (non-hydrogen) atoms. The predicted molar refractivity (Wildman–Crippen MR) is 72.7 cm³/mol. The molecule has 0 unspecified atom stereocenters. The van der Waals surface area contributed by atoms with E-state index in [0.29, 0.717) is 33.3 Å². The minimum absolute atomic E-state index is 0.439. The molecule has 0 fully saturated rings. The van der Waals surface area contributed by atoms with Gasteiger partial charge in [-0.05, 0) is 12.1 Å². The number of nitrogens with one attached hydrogen (secondary N) is 2. The highest BCUT2D eigenvalue weighted by atomic mass is 16.4. The molecule has 0 saturated carbocycles. The zero-order chi connectivity index (χ0) is 13.7. The van der Waals surface area contributed by atoms with Gasteiger partial charge in [-0.1, -0.05) is 24.3 Å². The summed E-state index contributed by atoms with van der Waals surface area (Å²) in [5.74, 6) is -1.04. The van der Waals surface area contributed by atoms with Crippen molar-refractivity contribution in [3.05, 3.63) is 57.5 Å². The molecule has 4 aromatic rings. The summed E-state index contributed by atoms with van der Waals surface area (Å²) in [6.07, 6.45) is 0. The van der Waals surface area contributed by atoms with E-state index in [-0.39, 0.29) is 0 Å². The first-order valence-electron chi connectivity index (χ1n) is 5.96. The third-order valence-electron chi connectivity index (χ3n) is 3.18. The molecule has 0 aliphatic carbocycles. The van der Waals surface area contributed by atoms with Crippen LogP contribution in [0, 0.1) is 0 Å². The Kier molecular flexibility index (Phi) is 2.03. The van der Waals surface area contributed by atoms with Gasteiger partial charge in [-0.2, -0.15) is 0 Å². The van der Waals surface area contributed by atoms with Gasteiger partial charge in [0, 0.05) is 11.1 Å². The van der Waals surface area contributed by atoms with E-state index in [2.05, 4.69) is 9.97 Å². The van der Waals surface area contributed by atoms with Crippen LogP contribution in [-0.2, 0) is 0 Å². The fourth-order valence-corrected chi connectivity index (χ4v) is 2.37. The summed E-state index contributed by atoms with van der Waals surface area (Å²) in [7, 11) is 0. The van der Waals surface area contributed by atoms with Crippen LogP contribution in [0.4, 0.5) is 0 Å². The van der Waals surface area contributed by atoms with Gasteiger partial charge < -0.3 is 8.83 Å². The molecule has 98 valence electrons. The lowest BCUT2D eigenvalue weighted by Gasteiger charge is -2.02. The van der Waals surface area contributed by atoms with Crippen molar-refractivity contribution in [2.75, 3.05) is 0 Å². The molecule has 0 saturated heterocycles. The SMILES string of the molecule is O=c1[nH]c2cccc(-c3cccc4[nH]c(=O)oc34)c2o1. The van der Waals surface area contributed by atoms with E-state index in [1.807, 2.05) is 0 Å². The summed E-state index contributed by atoms with van der Waals surface area (Å²) in [5, 5.41) is 0. The molecule has 0 spiro atoms. The first kappa shape index (κ1) is 10.9. The summed E-state index contributed by atoms with van der Waals surface area (Å²) in [5.41, 5.74) is 3.45. The minimum atomic E-state index is -0.518. The molecular formula is C14H8N2O4. The van der Waals surface area contributed by atoms with E-state index in [4.69, 9.17) is 8.83 Å². The molecule has 2 aromatic heterocycles. The van der Waals surface area contributed by atoms with Gasteiger partial charge in [0.2, 0.25) is 0 Å². The van der Waals surface area contributed by atoms with Crippen LogP contribution < -0.4 is 11.5 Å². The largest absolute Gasteiger partial charge is 0.417 e. The average Bonchev–Trinajstić information content (AvgIpc) is 2.98. The summed E-state index contributed by atoms with van der Waals surface area (Å²) in [6.45, 7) is 0. The van der Waals surface area contributed by atoms with Crippen molar-refractivity contribution in [3.8, 4) is 11.1 Å². The molecule has 6 nitrogen and oxygen atoms in total. The van der Waals surface area contributed by atoms with E-state index in [1.54, 1.807) is 36.4 Å². The van der Waals surface area contributed by atoms with Crippen LogP contribution >= 0.6 is 0 Å². The molecule has 6 heteroatoms. The van der Waals surface area contributed by atoms with Gasteiger partial charge in [-0.15, -0.1) is 0 Å². The van der Waals surface area contributed by atoms with Crippen LogP contribution in [0.1, 0.15) is 0 Å². The van der Waals surface area contributed by atoms with Crippen LogP contribution in [-0.4, -0.2) is 9.97 Å². The Bertz CT molecular complexity index is 962. The summed E-state index contributed by atoms with van der Waals surface area (Å²) < 4.78 is 10.3. The third kappa shape index (κ3) is 1.45. The van der Waals surface area contributed by atoms with Gasteiger partial charge in [0.15, 0.2) is 11.2 Å². The number of rotatable bonds is 1. The number of para-hydroxylation sites is 2. The Morgan fingerprint density at radius 1 is 0.700 bits per heavy atom. The van der Waals surface area contributed by atoms with Crippen molar-refractivity contribution >= 4 is 22.2 Å². The number of H-pyrrole nitrogens is 2. The highest BCUT2D eigenvalue weighted by Crippen LogP contribution is 2.31. The first-order chi connectivity index (χ1) is 9.72. The van der Waals surface area contributed by atoms with Gasteiger partial charge in [-0.3, -0.25) is 9.97 Å². The molecule has 0 amide bonds. The van der Waals surface area contributed by atoms with Crippen molar-refractivity contribution in [2.45, 2.75) is 0 Å². The Hall–Kier alpha value is -3.02. The maximum atomic E-state index is 11.3. The van der Waals surface area contributed by atoms with E-state index >= 15 is 0 Å². The Labute approximate surface area is 110 Å². The standard InChI is InChI=1S/C14H8N2O4/c17-13-15-9-5-1-3-7(11(9)19-13)8-4-2-6-10-12(8)20-14(18)16-10/h1-6H,(H,15,17)(H,16,18). The number of aromatic nitrogens is 2. The lowest BCUT2D eigenvalue weighted by Crippen LogP contribution is -1.92. The average molecular weight is 268 g/mol. The minimum Gasteiger partial charge on any atom is -0.407 e. The van der Waals surface area contributed by atoms with E-state index in [0.717, 1.165) is 0 Å². The molecule has 0 radical (unpaired) electrons. The molecule has 2 heterocycles. The predicted octanol–water partition coefficient (Wildman–Crippen LogP) is 2.22. The van der Waals surface area contributed by atoms with Crippen molar-refractivity contribution in [1.29, 1.82) is 0 Å². The summed E-state index contributed by atoms with van der Waals surface area (Å²) in [6, 6.07) is 10.7. The molecule has 0 bridgehead atoms. The van der Waals surface area contributed by atoms with Crippen molar-refractivity contribution in [3.63, 3.8) is 0 Å². The topological polar surface area (TPSA) is 92.0 Å². The molecular weight excluding hydrogens is 260 g/mol. The number of oxazole rings is 2. The van der Waals surface area contributed by atoms with Crippen molar-refractivity contribution < 1.29 is 8.83 Å². The quantitative estimate of drug-likeness (QED) is 0.553. The van der Waals surface area contributed by atoms with Crippen LogP contribution in [0.15, 0.2) is 54.8 Å². The lowest BCUT2D eigenvalue weighted by atomic mass is 10.0. The van der Waals surface area contributed by atoms with Crippen molar-refractivity contribution in [1.82, 2.24) is 9.97 Å². The third-order valence-corrected chi connectivity index (χ3v) is 3.18. The fraction of sp³-hybridized carbons (Fsp3) is 0. The van der Waals surface area contributed by atoms with Crippen LogP contribution in [0.5, 0.6) is 0 Å². The van der Waals surface area contributed by atoms with E-state index < -0.39 is 11.5 Å². The molecule has 0 aliphatic heterocycles. The van der Waals surface area contributed by atoms with Gasteiger partial charge in [0.05, 0.1) is 11.0 Å². The second-order valence-electron chi connectivity index (χ2n) is 4.39. The molecule has 2 N–H and O–H groups in total. The zero-order valence-electron chi connectivity index (χ0n) is 10.1. The lowest BCUT2D eigenvalue weighted by molar-refractivity contribution is 0.552. The Balaban J connectivity index is 2.16. The van der Waals surface area contributed by atoms with Crippen LogP contribution in [0.3, 0.4) is 0 Å². The van der Waals surface area contributed by atoms with Gasteiger partial charge in [0.1, 0.15) is 0 Å². The zero-order valence-corrected chi connectivity index (χ0v) is 10.1. The van der Waals surface area contributed by atoms with Crippen molar-refractivity contribution in [2.24, 2.45) is 0 Å². The number of aromatic amines is 2. The number of hydrogen-bond donors (Lipinski definition) is 2. The first-order valence-corrected chi connectivity index (χ1v) is 5.96.